The normalized spacial score (nSPS) is 11.7. The van der Waals surface area contributed by atoms with Crippen LogP contribution in [-0.2, 0) is 14.3 Å². The molecule has 0 bridgehead atoms. The second kappa shape index (κ2) is 9.10. The second-order valence-corrected chi connectivity index (χ2v) is 7.65. The average molecular weight is 414 g/mol. The number of amides is 1. The first-order valence-corrected chi connectivity index (χ1v) is 9.57. The van der Waals surface area contributed by atoms with Gasteiger partial charge in [0.1, 0.15) is 0 Å². The summed E-state index contributed by atoms with van der Waals surface area (Å²) in [6.45, 7) is 1.64. The first-order chi connectivity index (χ1) is 11.0. The van der Waals surface area contributed by atoms with Crippen molar-refractivity contribution in [1.82, 2.24) is 5.32 Å². The van der Waals surface area contributed by atoms with Crippen molar-refractivity contribution in [2.45, 2.75) is 17.9 Å². The van der Waals surface area contributed by atoms with Gasteiger partial charge in [-0.15, -0.1) is 23.1 Å². The minimum absolute atomic E-state index is 0.0849. The van der Waals surface area contributed by atoms with Gasteiger partial charge in [-0.1, -0.05) is 22.0 Å². The number of carbonyl (C=O) groups excluding carboxylic acids is 2. The molecule has 0 saturated carbocycles. The number of hydrogen-bond donors (Lipinski definition) is 1. The van der Waals surface area contributed by atoms with Gasteiger partial charge in [0.05, 0.1) is 11.8 Å². The lowest BCUT2D eigenvalue weighted by atomic mass is 10.3. The zero-order chi connectivity index (χ0) is 16.7. The Morgan fingerprint density at radius 2 is 2.04 bits per heavy atom. The highest BCUT2D eigenvalue weighted by molar-refractivity contribution is 9.10. The van der Waals surface area contributed by atoms with Gasteiger partial charge in [0, 0.05) is 14.2 Å². The Hall–Kier alpha value is -1.31. The summed E-state index contributed by atoms with van der Waals surface area (Å²) in [5, 5.41) is 4.76. The molecule has 0 aliphatic rings. The third-order valence-corrected chi connectivity index (χ3v) is 5.45. The molecule has 0 aliphatic carbocycles. The predicted molar refractivity (Wildman–Crippen MR) is 96.7 cm³/mol. The van der Waals surface area contributed by atoms with Gasteiger partial charge in [0.15, 0.2) is 6.61 Å². The Balaban J connectivity index is 1.67. The molecular formula is C16H16BrNO3S2. The fourth-order valence-electron chi connectivity index (χ4n) is 1.75. The van der Waals surface area contributed by atoms with Gasteiger partial charge in [-0.05, 0) is 42.6 Å². The number of rotatable bonds is 7. The monoisotopic (exact) mass is 413 g/mol. The summed E-state index contributed by atoms with van der Waals surface area (Å²) in [5.41, 5.74) is 0. The lowest BCUT2D eigenvalue weighted by Crippen LogP contribution is -2.31. The summed E-state index contributed by atoms with van der Waals surface area (Å²) in [7, 11) is 0. The molecule has 122 valence electrons. The molecule has 0 saturated heterocycles. The number of thiophene rings is 1. The molecule has 1 N–H and O–H groups in total. The van der Waals surface area contributed by atoms with E-state index in [1.165, 1.54) is 11.8 Å². The standard InChI is InChI=1S/C16H16BrNO3S2/c1-11(14-3-2-8-22-14)18-15(19)9-21-16(20)10-23-13-6-4-12(17)5-7-13/h2-8,11H,9-10H2,1H3,(H,18,19)/t11-/m0/s1. The van der Waals surface area contributed by atoms with Crippen molar-refractivity contribution in [2.24, 2.45) is 0 Å². The number of hydrogen-bond acceptors (Lipinski definition) is 5. The third kappa shape index (κ3) is 6.37. The number of thioether (sulfide) groups is 1. The van der Waals surface area contributed by atoms with Crippen LogP contribution in [0.1, 0.15) is 17.8 Å². The van der Waals surface area contributed by atoms with E-state index in [2.05, 4.69) is 21.2 Å². The lowest BCUT2D eigenvalue weighted by Gasteiger charge is -2.12. The molecule has 2 aromatic rings. The third-order valence-electron chi connectivity index (χ3n) is 2.88. The zero-order valence-corrected chi connectivity index (χ0v) is 15.7. The van der Waals surface area contributed by atoms with E-state index in [0.717, 1.165) is 14.2 Å². The molecular weight excluding hydrogens is 398 g/mol. The van der Waals surface area contributed by atoms with E-state index >= 15 is 0 Å². The molecule has 2 rings (SSSR count). The fourth-order valence-corrected chi connectivity index (χ4v) is 3.45. The highest BCUT2D eigenvalue weighted by atomic mass is 79.9. The molecule has 23 heavy (non-hydrogen) atoms. The molecule has 1 aromatic carbocycles. The van der Waals surface area contributed by atoms with Gasteiger partial charge in [-0.2, -0.15) is 0 Å². The van der Waals surface area contributed by atoms with Gasteiger partial charge in [0.25, 0.3) is 5.91 Å². The summed E-state index contributed by atoms with van der Waals surface area (Å²) >= 11 is 6.31. The number of esters is 1. The van der Waals surface area contributed by atoms with Gasteiger partial charge >= 0.3 is 5.97 Å². The minimum Gasteiger partial charge on any atom is -0.455 e. The van der Waals surface area contributed by atoms with Crippen molar-refractivity contribution < 1.29 is 14.3 Å². The second-order valence-electron chi connectivity index (χ2n) is 4.71. The summed E-state index contributed by atoms with van der Waals surface area (Å²) in [4.78, 5) is 25.5. The molecule has 1 aromatic heterocycles. The van der Waals surface area contributed by atoms with Crippen molar-refractivity contribution in [1.29, 1.82) is 0 Å². The lowest BCUT2D eigenvalue weighted by molar-refractivity contribution is -0.146. The number of nitrogens with one attached hydrogen (secondary N) is 1. The van der Waals surface area contributed by atoms with Crippen LogP contribution in [0.3, 0.4) is 0 Å². The predicted octanol–water partition coefficient (Wildman–Crippen LogP) is 4.02. The van der Waals surface area contributed by atoms with Crippen molar-refractivity contribution in [3.8, 4) is 0 Å². The number of carbonyl (C=O) groups is 2. The topological polar surface area (TPSA) is 55.4 Å². The van der Waals surface area contributed by atoms with E-state index in [9.17, 15) is 9.59 Å². The molecule has 7 heteroatoms. The van der Waals surface area contributed by atoms with Gasteiger partial charge < -0.3 is 10.1 Å². The first kappa shape index (κ1) is 18.0. The number of halogens is 1. The van der Waals surface area contributed by atoms with Gasteiger partial charge in [-0.25, -0.2) is 0 Å². The zero-order valence-electron chi connectivity index (χ0n) is 12.5. The Kier molecular flexibility index (Phi) is 7.14. The number of ether oxygens (including phenoxy) is 1. The molecule has 1 atom stereocenters. The minimum atomic E-state index is -0.406. The number of benzene rings is 1. The van der Waals surface area contributed by atoms with E-state index in [1.807, 2.05) is 48.7 Å². The maximum Gasteiger partial charge on any atom is 0.316 e. The maximum absolute atomic E-state index is 11.8. The van der Waals surface area contributed by atoms with E-state index in [0.29, 0.717) is 0 Å². The summed E-state index contributed by atoms with van der Waals surface area (Å²) in [6.07, 6.45) is 0. The van der Waals surface area contributed by atoms with Crippen LogP contribution >= 0.6 is 39.0 Å². The van der Waals surface area contributed by atoms with Crippen molar-refractivity contribution >= 4 is 50.9 Å². The van der Waals surface area contributed by atoms with Crippen molar-refractivity contribution in [3.63, 3.8) is 0 Å². The summed E-state index contributed by atoms with van der Waals surface area (Å²) in [6, 6.07) is 11.5. The van der Waals surface area contributed by atoms with Crippen LogP contribution in [0.4, 0.5) is 0 Å². The molecule has 4 nitrogen and oxygen atoms in total. The Labute approximate surface area is 151 Å². The smallest absolute Gasteiger partial charge is 0.316 e. The van der Waals surface area contributed by atoms with Crippen LogP contribution in [-0.4, -0.2) is 24.2 Å². The SMILES string of the molecule is C[C@H](NC(=O)COC(=O)CSc1ccc(Br)cc1)c1cccs1. The molecule has 0 unspecified atom stereocenters. The Morgan fingerprint density at radius 3 is 2.70 bits per heavy atom. The molecule has 1 heterocycles. The van der Waals surface area contributed by atoms with Crippen LogP contribution in [0.5, 0.6) is 0 Å². The summed E-state index contributed by atoms with van der Waals surface area (Å²) < 4.78 is 5.98. The van der Waals surface area contributed by atoms with Crippen LogP contribution in [0.25, 0.3) is 0 Å². The highest BCUT2D eigenvalue weighted by Gasteiger charge is 2.12. The van der Waals surface area contributed by atoms with Crippen LogP contribution in [0.2, 0.25) is 0 Å². The molecule has 0 aliphatic heterocycles. The van der Waals surface area contributed by atoms with Crippen LogP contribution in [0, 0.1) is 0 Å². The Bertz CT molecular complexity index is 644. The van der Waals surface area contributed by atoms with E-state index in [-0.39, 0.29) is 24.3 Å². The molecule has 0 spiro atoms. The molecule has 1 amide bonds. The van der Waals surface area contributed by atoms with E-state index < -0.39 is 5.97 Å². The Morgan fingerprint density at radius 1 is 1.30 bits per heavy atom. The fraction of sp³-hybridized carbons (Fsp3) is 0.250. The van der Waals surface area contributed by atoms with Gasteiger partial charge in [-0.3, -0.25) is 9.59 Å². The largest absolute Gasteiger partial charge is 0.455 e. The molecule has 0 fully saturated rings. The van der Waals surface area contributed by atoms with Crippen molar-refractivity contribution in [2.75, 3.05) is 12.4 Å². The summed E-state index contributed by atoms with van der Waals surface area (Å²) in [5.74, 6) is -0.528. The first-order valence-electron chi connectivity index (χ1n) is 6.91. The average Bonchev–Trinajstić information content (AvgIpc) is 3.07. The van der Waals surface area contributed by atoms with Crippen LogP contribution in [0.15, 0.2) is 51.1 Å². The maximum atomic E-state index is 11.8. The van der Waals surface area contributed by atoms with Crippen LogP contribution < -0.4 is 5.32 Å². The molecule has 0 radical (unpaired) electrons. The quantitative estimate of drug-likeness (QED) is 0.549. The van der Waals surface area contributed by atoms with Gasteiger partial charge in [0.2, 0.25) is 0 Å². The van der Waals surface area contributed by atoms with E-state index in [1.54, 1.807) is 11.3 Å². The van der Waals surface area contributed by atoms with Crippen molar-refractivity contribution in [3.05, 3.63) is 51.1 Å². The van der Waals surface area contributed by atoms with E-state index in [4.69, 9.17) is 4.74 Å². The highest BCUT2D eigenvalue weighted by Crippen LogP contribution is 2.20.